The van der Waals surface area contributed by atoms with Crippen molar-refractivity contribution in [1.82, 2.24) is 15.5 Å². The van der Waals surface area contributed by atoms with Crippen LogP contribution < -0.4 is 10.6 Å². The smallest absolute Gasteiger partial charge is 0.191 e. The second-order valence-electron chi connectivity index (χ2n) is 8.05. The topological polar surface area (TPSA) is 73.0 Å². The molecular weight excluding hydrogens is 316 g/mol. The molecule has 0 aliphatic carbocycles. The normalized spacial score (nSPS) is 15.4. The zero-order valence-electron chi connectivity index (χ0n) is 17.2. The van der Waals surface area contributed by atoms with Crippen molar-refractivity contribution < 1.29 is 9.52 Å². The van der Waals surface area contributed by atoms with Gasteiger partial charge in [0.15, 0.2) is 5.96 Å². The van der Waals surface area contributed by atoms with E-state index < -0.39 is 5.60 Å². The van der Waals surface area contributed by atoms with E-state index in [1.54, 1.807) is 6.92 Å². The fraction of sp³-hybridized carbons (Fsp3) is 0.737. The minimum atomic E-state index is -1.03. The van der Waals surface area contributed by atoms with E-state index in [9.17, 15) is 5.11 Å². The lowest BCUT2D eigenvalue weighted by Gasteiger charge is -2.28. The van der Waals surface area contributed by atoms with Crippen molar-refractivity contribution in [3.05, 3.63) is 23.2 Å². The third-order valence-corrected chi connectivity index (χ3v) is 3.97. The molecule has 25 heavy (non-hydrogen) atoms. The summed E-state index contributed by atoms with van der Waals surface area (Å²) in [5.41, 5.74) is -0.148. The van der Waals surface area contributed by atoms with Crippen molar-refractivity contribution in [2.24, 2.45) is 10.4 Å². The molecule has 1 heterocycles. The molecule has 1 aromatic rings. The van der Waals surface area contributed by atoms with Crippen LogP contribution in [0.1, 0.15) is 44.8 Å². The van der Waals surface area contributed by atoms with Crippen LogP contribution in [0.4, 0.5) is 0 Å². The zero-order valence-corrected chi connectivity index (χ0v) is 17.2. The standard InChI is InChI=1S/C19H36N4O2/c1-9-20-17(21-11-18(4,5)13-23(7)8)22-12-19(6,24)16-10-14(2)25-15(16)3/h10,24H,9,11-13H2,1-8H3,(H2,20,21,22). The third kappa shape index (κ3) is 7.08. The van der Waals surface area contributed by atoms with Gasteiger partial charge in [0.05, 0.1) is 6.54 Å². The third-order valence-electron chi connectivity index (χ3n) is 3.97. The molecule has 0 saturated heterocycles. The number of aliphatic imine (C=N–C) groups is 1. The summed E-state index contributed by atoms with van der Waals surface area (Å²) in [7, 11) is 4.14. The predicted molar refractivity (Wildman–Crippen MR) is 104 cm³/mol. The lowest BCUT2D eigenvalue weighted by atomic mass is 9.93. The van der Waals surface area contributed by atoms with Gasteiger partial charge in [0.25, 0.3) is 0 Å². The van der Waals surface area contributed by atoms with Crippen molar-refractivity contribution in [3.63, 3.8) is 0 Å². The summed E-state index contributed by atoms with van der Waals surface area (Å²) in [5, 5.41) is 17.3. The number of nitrogens with one attached hydrogen (secondary N) is 2. The molecule has 144 valence electrons. The maximum atomic E-state index is 10.8. The maximum absolute atomic E-state index is 10.8. The lowest BCUT2D eigenvalue weighted by molar-refractivity contribution is 0.0601. The Balaban J connectivity index is 2.77. The summed E-state index contributed by atoms with van der Waals surface area (Å²) in [6, 6.07) is 1.89. The lowest BCUT2D eigenvalue weighted by Crippen LogP contribution is -2.45. The van der Waals surface area contributed by atoms with Gasteiger partial charge >= 0.3 is 0 Å². The van der Waals surface area contributed by atoms with Gasteiger partial charge in [-0.2, -0.15) is 0 Å². The van der Waals surface area contributed by atoms with Crippen LogP contribution in [0, 0.1) is 19.3 Å². The number of aliphatic hydroxyl groups is 1. The Hall–Kier alpha value is -1.53. The molecule has 0 spiro atoms. The van der Waals surface area contributed by atoms with Crippen molar-refractivity contribution in [3.8, 4) is 0 Å². The van der Waals surface area contributed by atoms with Gasteiger partial charge in [0.2, 0.25) is 0 Å². The molecular formula is C19H36N4O2. The molecule has 1 unspecified atom stereocenters. The van der Waals surface area contributed by atoms with E-state index in [0.29, 0.717) is 19.0 Å². The number of aryl methyl sites for hydroxylation is 2. The molecule has 1 atom stereocenters. The Bertz CT molecular complexity index is 574. The highest BCUT2D eigenvalue weighted by molar-refractivity contribution is 5.79. The first-order valence-corrected chi connectivity index (χ1v) is 8.93. The molecule has 6 heteroatoms. The van der Waals surface area contributed by atoms with E-state index >= 15 is 0 Å². The van der Waals surface area contributed by atoms with E-state index in [1.165, 1.54) is 0 Å². The van der Waals surface area contributed by atoms with Crippen LogP contribution in [-0.4, -0.2) is 56.2 Å². The number of hydrogen-bond donors (Lipinski definition) is 3. The van der Waals surface area contributed by atoms with Gasteiger partial charge in [0.1, 0.15) is 17.1 Å². The first kappa shape index (κ1) is 21.5. The van der Waals surface area contributed by atoms with Crippen molar-refractivity contribution in [2.45, 2.75) is 47.1 Å². The van der Waals surface area contributed by atoms with Crippen LogP contribution >= 0.6 is 0 Å². The van der Waals surface area contributed by atoms with Crippen LogP contribution in [0.15, 0.2) is 15.5 Å². The van der Waals surface area contributed by atoms with Gasteiger partial charge < -0.3 is 25.1 Å². The first-order valence-electron chi connectivity index (χ1n) is 8.93. The Morgan fingerprint density at radius 1 is 1.24 bits per heavy atom. The van der Waals surface area contributed by atoms with Gasteiger partial charge in [0, 0.05) is 25.2 Å². The summed E-state index contributed by atoms with van der Waals surface area (Å²) in [4.78, 5) is 6.87. The van der Waals surface area contributed by atoms with Gasteiger partial charge in [-0.1, -0.05) is 13.8 Å². The molecule has 0 radical (unpaired) electrons. The Morgan fingerprint density at radius 2 is 1.88 bits per heavy atom. The van der Waals surface area contributed by atoms with Gasteiger partial charge in [-0.25, -0.2) is 0 Å². The molecule has 0 aromatic carbocycles. The second-order valence-corrected chi connectivity index (χ2v) is 8.05. The van der Waals surface area contributed by atoms with E-state index in [1.807, 2.05) is 26.8 Å². The minimum absolute atomic E-state index is 0.0760. The monoisotopic (exact) mass is 352 g/mol. The number of nitrogens with zero attached hydrogens (tertiary/aromatic N) is 2. The molecule has 1 rings (SSSR count). The zero-order chi connectivity index (χ0) is 19.3. The van der Waals surface area contributed by atoms with Crippen molar-refractivity contribution >= 4 is 5.96 Å². The number of rotatable bonds is 8. The van der Waals surface area contributed by atoms with Crippen molar-refractivity contribution in [1.29, 1.82) is 0 Å². The summed E-state index contributed by atoms with van der Waals surface area (Å²) in [6.07, 6.45) is 0. The average Bonchev–Trinajstić information content (AvgIpc) is 2.80. The summed E-state index contributed by atoms with van der Waals surface area (Å²) in [5.74, 6) is 2.27. The first-order chi connectivity index (χ1) is 11.5. The van der Waals surface area contributed by atoms with Crippen LogP contribution in [0.5, 0.6) is 0 Å². The fourth-order valence-electron chi connectivity index (χ4n) is 3.06. The van der Waals surface area contributed by atoms with E-state index in [2.05, 4.69) is 43.5 Å². The second kappa shape index (κ2) is 8.72. The molecule has 0 aliphatic heterocycles. The van der Waals surface area contributed by atoms with Crippen LogP contribution in [0.3, 0.4) is 0 Å². The van der Waals surface area contributed by atoms with E-state index in [0.717, 1.165) is 30.2 Å². The van der Waals surface area contributed by atoms with Gasteiger partial charge in [-0.15, -0.1) is 0 Å². The largest absolute Gasteiger partial charge is 0.466 e. The molecule has 6 nitrogen and oxygen atoms in total. The number of furan rings is 1. The molecule has 1 aromatic heterocycles. The van der Waals surface area contributed by atoms with E-state index in [4.69, 9.17) is 9.41 Å². The predicted octanol–water partition coefficient (Wildman–Crippen LogP) is 2.25. The Labute approximate surface area is 152 Å². The van der Waals surface area contributed by atoms with Crippen molar-refractivity contribution in [2.75, 3.05) is 40.3 Å². The number of guanidine groups is 1. The molecule has 0 saturated carbocycles. The summed E-state index contributed by atoms with van der Waals surface area (Å²) >= 11 is 0. The van der Waals surface area contributed by atoms with Gasteiger partial charge in [-0.3, -0.25) is 4.99 Å². The minimum Gasteiger partial charge on any atom is -0.466 e. The fourth-order valence-corrected chi connectivity index (χ4v) is 3.06. The van der Waals surface area contributed by atoms with E-state index in [-0.39, 0.29) is 5.41 Å². The number of hydrogen-bond acceptors (Lipinski definition) is 4. The highest BCUT2D eigenvalue weighted by Gasteiger charge is 2.28. The maximum Gasteiger partial charge on any atom is 0.191 e. The highest BCUT2D eigenvalue weighted by Crippen LogP contribution is 2.26. The molecule has 0 bridgehead atoms. The van der Waals surface area contributed by atoms with Gasteiger partial charge in [-0.05, 0) is 53.3 Å². The molecule has 0 fully saturated rings. The molecule has 3 N–H and O–H groups in total. The van der Waals surface area contributed by atoms with Crippen LogP contribution in [0.25, 0.3) is 0 Å². The van der Waals surface area contributed by atoms with Crippen LogP contribution in [-0.2, 0) is 5.60 Å². The highest BCUT2D eigenvalue weighted by atomic mass is 16.3. The Morgan fingerprint density at radius 3 is 2.36 bits per heavy atom. The quantitative estimate of drug-likeness (QED) is 0.494. The Kier molecular flexibility index (Phi) is 7.50. The summed E-state index contributed by atoms with van der Waals surface area (Å²) < 4.78 is 5.55. The SMILES string of the molecule is CCNC(=NCC(C)(C)CN(C)C)NCC(C)(O)c1cc(C)oc1C. The summed E-state index contributed by atoms with van der Waals surface area (Å²) in [6.45, 7) is 14.8. The molecule has 0 amide bonds. The average molecular weight is 353 g/mol. The van der Waals surface area contributed by atoms with Crippen LogP contribution in [0.2, 0.25) is 0 Å². The molecule has 0 aliphatic rings.